The summed E-state index contributed by atoms with van der Waals surface area (Å²) >= 11 is 7.24. The summed E-state index contributed by atoms with van der Waals surface area (Å²) in [5.41, 5.74) is 9.43. The van der Waals surface area contributed by atoms with Gasteiger partial charge in [0.25, 0.3) is 0 Å². The second-order valence-corrected chi connectivity index (χ2v) is 14.5. The molecule has 0 radical (unpaired) electrons. The highest BCUT2D eigenvalue weighted by Gasteiger charge is 2.50. The van der Waals surface area contributed by atoms with Crippen LogP contribution in [0.25, 0.3) is 22.4 Å². The van der Waals surface area contributed by atoms with Gasteiger partial charge in [0.15, 0.2) is 11.8 Å². The number of hydrogen-bond donors (Lipinski definition) is 0. The Bertz CT molecular complexity index is 2000. The van der Waals surface area contributed by atoms with E-state index in [0.717, 1.165) is 43.8 Å². The predicted molar refractivity (Wildman–Crippen MR) is 194 cm³/mol. The summed E-state index contributed by atoms with van der Waals surface area (Å²) in [6, 6.07) is 22.7. The zero-order valence-electron chi connectivity index (χ0n) is 27.8. The first-order chi connectivity index (χ1) is 21.7. The maximum absolute atomic E-state index is 7.24. The number of nitrogens with zero attached hydrogens (tertiary/aromatic N) is 2. The minimum atomic E-state index is -0.102. The van der Waals surface area contributed by atoms with E-state index in [0.29, 0.717) is 6.04 Å². The monoisotopic (exact) mass is 613 g/mol. The second-order valence-electron chi connectivity index (χ2n) is 14.1. The zero-order valence-corrected chi connectivity index (χ0v) is 28.5. The van der Waals surface area contributed by atoms with Crippen LogP contribution < -0.4 is 15.3 Å². The van der Waals surface area contributed by atoms with E-state index >= 15 is 0 Å². The van der Waals surface area contributed by atoms with E-state index < -0.39 is 0 Å². The highest BCUT2D eigenvalue weighted by Crippen LogP contribution is 2.51. The average Bonchev–Trinajstić information content (AvgIpc) is 3.41. The minimum absolute atomic E-state index is 0.0385. The van der Waals surface area contributed by atoms with Gasteiger partial charge in [0.05, 0.1) is 5.41 Å². The third-order valence-corrected chi connectivity index (χ3v) is 11.4. The lowest BCUT2D eigenvalue weighted by molar-refractivity contribution is -0.542. The third-order valence-electron chi connectivity index (χ3n) is 10.9. The maximum atomic E-state index is 7.24. The molecule has 3 aromatic rings. The van der Waals surface area contributed by atoms with E-state index in [2.05, 4.69) is 142 Å². The largest absolute Gasteiger partial charge is 0.344 e. The molecule has 4 aliphatic rings. The van der Waals surface area contributed by atoms with Crippen LogP contribution in [-0.4, -0.2) is 29.4 Å². The van der Waals surface area contributed by atoms with Crippen molar-refractivity contribution in [2.45, 2.75) is 78.7 Å². The zero-order chi connectivity index (χ0) is 31.5. The van der Waals surface area contributed by atoms with Crippen LogP contribution in [-0.2, 0) is 5.41 Å². The standard InChI is InChI=1S/C42H46ClN2/c1-7-44-34-24-20-28-14-9-11-18-32(28)38(34)41(3,4)36(44)26-22-30-16-13-17-31(40(30)43)23-27-37-42(5,6)39-33-19-12-10-15-29(33)21-25-35(39)45(37)8-2/h9-12,14-15,18-24,26-27,35H,7-8,13,16-17,25H2,1-6H3/q+1. The van der Waals surface area contributed by atoms with Gasteiger partial charge in [0.2, 0.25) is 0 Å². The SMILES string of the molecule is CCN1/C(=C/C=C2\CCCC(/C=C/C3=[N+](CC)C4CC=c5ccccc5=C4C3(C)C)=C2Cl)C(C)(C)c2c1ccc1ccccc21. The molecule has 1 atom stereocenters. The number of likely N-dealkylation sites (N-methyl/N-ethyl adjacent to an activating group) is 1. The molecule has 7 rings (SSSR count). The van der Waals surface area contributed by atoms with Crippen molar-refractivity contribution in [3.8, 4) is 0 Å². The fourth-order valence-corrected chi connectivity index (χ4v) is 9.11. The quantitative estimate of drug-likeness (QED) is 0.260. The summed E-state index contributed by atoms with van der Waals surface area (Å²) in [6.07, 6.45) is 16.0. The molecule has 0 aromatic heterocycles. The Kier molecular flexibility index (Phi) is 7.56. The van der Waals surface area contributed by atoms with Crippen molar-refractivity contribution in [1.29, 1.82) is 0 Å². The van der Waals surface area contributed by atoms with Crippen molar-refractivity contribution in [2.75, 3.05) is 18.0 Å². The smallest absolute Gasteiger partial charge is 0.186 e. The van der Waals surface area contributed by atoms with Crippen molar-refractivity contribution >= 4 is 45.4 Å². The summed E-state index contributed by atoms with van der Waals surface area (Å²) in [4.78, 5) is 2.49. The molecule has 0 saturated carbocycles. The number of halogens is 1. The number of fused-ring (bicyclic) bond motifs is 5. The lowest BCUT2D eigenvalue weighted by Gasteiger charge is -2.26. The van der Waals surface area contributed by atoms with Crippen molar-refractivity contribution in [1.82, 2.24) is 0 Å². The van der Waals surface area contributed by atoms with Crippen molar-refractivity contribution in [3.05, 3.63) is 123 Å². The van der Waals surface area contributed by atoms with Gasteiger partial charge in [-0.05, 0) is 97.0 Å². The molecule has 0 N–H and O–H groups in total. The van der Waals surface area contributed by atoms with E-state index in [-0.39, 0.29) is 10.8 Å². The van der Waals surface area contributed by atoms with E-state index in [1.807, 2.05) is 0 Å². The highest BCUT2D eigenvalue weighted by molar-refractivity contribution is 6.32. The van der Waals surface area contributed by atoms with Crippen molar-refractivity contribution < 1.29 is 4.58 Å². The van der Waals surface area contributed by atoms with E-state index in [4.69, 9.17) is 11.6 Å². The van der Waals surface area contributed by atoms with Crippen LogP contribution in [0.15, 0.2) is 107 Å². The molecule has 45 heavy (non-hydrogen) atoms. The van der Waals surface area contributed by atoms with Gasteiger partial charge in [0.1, 0.15) is 6.54 Å². The Morgan fingerprint density at radius 3 is 2.47 bits per heavy atom. The van der Waals surface area contributed by atoms with Gasteiger partial charge in [0, 0.05) is 46.4 Å². The molecule has 3 aromatic carbocycles. The number of benzene rings is 3. The van der Waals surface area contributed by atoms with E-state index in [1.165, 1.54) is 55.0 Å². The topological polar surface area (TPSA) is 6.25 Å². The van der Waals surface area contributed by atoms with Gasteiger partial charge in [-0.1, -0.05) is 98.3 Å². The third kappa shape index (κ3) is 4.71. The Morgan fingerprint density at radius 2 is 1.67 bits per heavy atom. The lowest BCUT2D eigenvalue weighted by Crippen LogP contribution is -2.39. The lowest BCUT2D eigenvalue weighted by atomic mass is 9.76. The maximum Gasteiger partial charge on any atom is 0.186 e. The van der Waals surface area contributed by atoms with Crippen LogP contribution in [0.3, 0.4) is 0 Å². The molecule has 0 bridgehead atoms. The molecule has 0 saturated heterocycles. The Hall–Kier alpha value is -3.62. The highest BCUT2D eigenvalue weighted by atomic mass is 35.5. The Morgan fingerprint density at radius 1 is 0.889 bits per heavy atom. The van der Waals surface area contributed by atoms with Crippen molar-refractivity contribution in [2.24, 2.45) is 5.41 Å². The van der Waals surface area contributed by atoms with Crippen LogP contribution in [0.5, 0.6) is 0 Å². The van der Waals surface area contributed by atoms with E-state index in [1.54, 1.807) is 5.57 Å². The molecule has 2 aliphatic carbocycles. The summed E-state index contributed by atoms with van der Waals surface area (Å²) < 4.78 is 2.62. The van der Waals surface area contributed by atoms with Gasteiger partial charge >= 0.3 is 0 Å². The fraction of sp³-hybridized carbons (Fsp3) is 0.357. The molecule has 2 nitrogen and oxygen atoms in total. The van der Waals surface area contributed by atoms with Gasteiger partial charge in [-0.25, -0.2) is 4.58 Å². The summed E-state index contributed by atoms with van der Waals surface area (Å²) in [7, 11) is 0. The number of allylic oxidation sites excluding steroid dienone is 8. The Labute approximate surface area is 274 Å². The summed E-state index contributed by atoms with van der Waals surface area (Å²) in [5.74, 6) is 0. The molecule has 2 heterocycles. The average molecular weight is 614 g/mol. The number of hydrogen-bond acceptors (Lipinski definition) is 1. The molecule has 0 amide bonds. The molecular formula is C42H46ClN2+. The van der Waals surface area contributed by atoms with Crippen LogP contribution in [0.1, 0.15) is 72.8 Å². The molecule has 0 spiro atoms. The predicted octanol–water partition coefficient (Wildman–Crippen LogP) is 8.92. The number of rotatable bonds is 5. The first-order valence-electron chi connectivity index (χ1n) is 16.9. The van der Waals surface area contributed by atoms with Crippen LogP contribution in [0.4, 0.5) is 5.69 Å². The molecule has 0 fully saturated rings. The molecule has 230 valence electrons. The molecule has 3 heteroatoms. The normalized spacial score (nSPS) is 23.8. The van der Waals surface area contributed by atoms with Gasteiger partial charge < -0.3 is 4.90 Å². The summed E-state index contributed by atoms with van der Waals surface area (Å²) in [6.45, 7) is 16.0. The first-order valence-corrected chi connectivity index (χ1v) is 17.3. The number of anilines is 1. The fourth-order valence-electron chi connectivity index (χ4n) is 8.80. The van der Waals surface area contributed by atoms with Crippen LogP contribution in [0.2, 0.25) is 0 Å². The van der Waals surface area contributed by atoms with Crippen molar-refractivity contribution in [3.63, 3.8) is 0 Å². The molecule has 2 aliphatic heterocycles. The van der Waals surface area contributed by atoms with Gasteiger partial charge in [-0.3, -0.25) is 0 Å². The molecule has 1 unspecified atom stereocenters. The van der Waals surface area contributed by atoms with Gasteiger partial charge in [-0.2, -0.15) is 0 Å². The van der Waals surface area contributed by atoms with Gasteiger partial charge in [-0.15, -0.1) is 0 Å². The molecular weight excluding hydrogens is 568 g/mol. The Balaban J connectivity index is 1.24. The minimum Gasteiger partial charge on any atom is -0.344 e. The summed E-state index contributed by atoms with van der Waals surface area (Å²) in [5, 5.41) is 6.38. The second kappa shape index (κ2) is 11.3. The van der Waals surface area contributed by atoms with E-state index in [9.17, 15) is 0 Å². The van der Waals surface area contributed by atoms with Crippen LogP contribution >= 0.6 is 11.6 Å². The van der Waals surface area contributed by atoms with Crippen LogP contribution in [0, 0.1) is 5.41 Å². The first kappa shape index (κ1) is 30.1.